The van der Waals surface area contributed by atoms with Crippen LogP contribution >= 0.6 is 0 Å². The lowest BCUT2D eigenvalue weighted by atomic mass is 9.78. The predicted octanol–water partition coefficient (Wildman–Crippen LogP) is 5.28. The molecule has 1 aliphatic carbocycles. The van der Waals surface area contributed by atoms with Gasteiger partial charge in [0.2, 0.25) is 0 Å². The fraction of sp³-hybridized carbons (Fsp3) is 1.00. The first-order chi connectivity index (χ1) is 7.11. The molecule has 1 saturated carbocycles. The summed E-state index contributed by atoms with van der Waals surface area (Å²) in [7, 11) is 0. The molecule has 0 aromatic carbocycles. The van der Waals surface area contributed by atoms with Gasteiger partial charge in [0, 0.05) is 0 Å². The van der Waals surface area contributed by atoms with Crippen LogP contribution in [0.1, 0.15) is 72.6 Å². The molecule has 1 aliphatic rings. The van der Waals surface area contributed by atoms with Crippen molar-refractivity contribution in [2.75, 3.05) is 0 Å². The molecule has 0 bridgehead atoms. The normalized spacial score (nSPS) is 19.4. The maximum atomic E-state index is 2.39. The Balaban J connectivity index is 2.26. The monoisotopic (exact) mass is 210 g/mol. The lowest BCUT2D eigenvalue weighted by Crippen LogP contribution is -2.17. The molecule has 0 N–H and O–H groups in total. The van der Waals surface area contributed by atoms with Gasteiger partial charge in [-0.2, -0.15) is 0 Å². The third-order valence-corrected chi connectivity index (χ3v) is 4.35. The molecule has 0 saturated heterocycles. The molecule has 0 amide bonds. The third-order valence-electron chi connectivity index (χ3n) is 4.35. The van der Waals surface area contributed by atoms with Crippen LogP contribution in [-0.4, -0.2) is 0 Å². The standard InChI is InChI=1S/C15H30/c1-12(2)15(13(3)4)11-10-14-8-6-5-7-9-14/h12-15H,5-11H2,1-4H3. The highest BCUT2D eigenvalue weighted by Gasteiger charge is 2.20. The van der Waals surface area contributed by atoms with E-state index in [-0.39, 0.29) is 0 Å². The molecule has 0 atom stereocenters. The molecule has 1 fully saturated rings. The molecule has 0 aromatic heterocycles. The van der Waals surface area contributed by atoms with Gasteiger partial charge in [-0.05, 0) is 30.1 Å². The highest BCUT2D eigenvalue weighted by molar-refractivity contribution is 4.71. The molecular formula is C15H30. The Morgan fingerprint density at radius 3 is 1.87 bits per heavy atom. The minimum absolute atomic E-state index is 0.869. The fourth-order valence-electron chi connectivity index (χ4n) is 3.34. The maximum Gasteiger partial charge on any atom is -0.0368 e. The minimum atomic E-state index is 0.869. The Hall–Kier alpha value is 0. The summed E-state index contributed by atoms with van der Waals surface area (Å²) in [5.41, 5.74) is 0. The van der Waals surface area contributed by atoms with Crippen LogP contribution < -0.4 is 0 Å². The zero-order valence-corrected chi connectivity index (χ0v) is 11.3. The van der Waals surface area contributed by atoms with Crippen molar-refractivity contribution in [1.82, 2.24) is 0 Å². The van der Waals surface area contributed by atoms with Crippen LogP contribution in [0.4, 0.5) is 0 Å². The molecular weight excluding hydrogens is 180 g/mol. The van der Waals surface area contributed by atoms with E-state index in [1.165, 1.54) is 44.9 Å². The Labute approximate surface area is 96.8 Å². The van der Waals surface area contributed by atoms with E-state index in [9.17, 15) is 0 Å². The summed E-state index contributed by atoms with van der Waals surface area (Å²) in [5.74, 6) is 3.76. The van der Waals surface area contributed by atoms with Crippen LogP contribution in [-0.2, 0) is 0 Å². The second-order valence-corrected chi connectivity index (χ2v) is 6.23. The smallest absolute Gasteiger partial charge is 0.0368 e. The van der Waals surface area contributed by atoms with E-state index in [4.69, 9.17) is 0 Å². The van der Waals surface area contributed by atoms with Crippen molar-refractivity contribution in [3.8, 4) is 0 Å². The van der Waals surface area contributed by atoms with Crippen molar-refractivity contribution in [2.24, 2.45) is 23.7 Å². The van der Waals surface area contributed by atoms with E-state index in [1.807, 2.05) is 0 Å². The van der Waals surface area contributed by atoms with Crippen molar-refractivity contribution in [1.29, 1.82) is 0 Å². The van der Waals surface area contributed by atoms with Crippen LogP contribution in [0.25, 0.3) is 0 Å². The first-order valence-electron chi connectivity index (χ1n) is 7.11. The van der Waals surface area contributed by atoms with E-state index in [0.29, 0.717) is 0 Å². The molecule has 0 heterocycles. The topological polar surface area (TPSA) is 0 Å². The molecule has 0 heteroatoms. The molecule has 1 rings (SSSR count). The van der Waals surface area contributed by atoms with E-state index in [0.717, 1.165) is 23.7 Å². The van der Waals surface area contributed by atoms with Gasteiger partial charge in [-0.15, -0.1) is 0 Å². The van der Waals surface area contributed by atoms with Crippen LogP contribution in [0.15, 0.2) is 0 Å². The lowest BCUT2D eigenvalue weighted by Gasteiger charge is -2.28. The quantitative estimate of drug-likeness (QED) is 0.579. The van der Waals surface area contributed by atoms with Crippen LogP contribution in [0.5, 0.6) is 0 Å². The molecule has 0 aromatic rings. The SMILES string of the molecule is CC(C)C(CCC1CCCCC1)C(C)C. The lowest BCUT2D eigenvalue weighted by molar-refractivity contribution is 0.229. The van der Waals surface area contributed by atoms with Gasteiger partial charge >= 0.3 is 0 Å². The van der Waals surface area contributed by atoms with Crippen molar-refractivity contribution >= 4 is 0 Å². The van der Waals surface area contributed by atoms with Gasteiger partial charge in [0.05, 0.1) is 0 Å². The summed E-state index contributed by atoms with van der Waals surface area (Å²) in [6.45, 7) is 9.58. The van der Waals surface area contributed by atoms with Crippen molar-refractivity contribution < 1.29 is 0 Å². The Morgan fingerprint density at radius 2 is 1.40 bits per heavy atom. The van der Waals surface area contributed by atoms with Gasteiger partial charge in [-0.1, -0.05) is 66.2 Å². The van der Waals surface area contributed by atoms with E-state index >= 15 is 0 Å². The minimum Gasteiger partial charge on any atom is -0.0625 e. The van der Waals surface area contributed by atoms with Gasteiger partial charge < -0.3 is 0 Å². The van der Waals surface area contributed by atoms with Crippen molar-refractivity contribution in [3.05, 3.63) is 0 Å². The van der Waals surface area contributed by atoms with E-state index in [1.54, 1.807) is 0 Å². The Bertz CT molecular complexity index is 143. The first kappa shape index (κ1) is 13.1. The average Bonchev–Trinajstić information content (AvgIpc) is 2.18. The first-order valence-corrected chi connectivity index (χ1v) is 7.11. The maximum absolute atomic E-state index is 2.39. The Kier molecular flexibility index (Phi) is 5.71. The van der Waals surface area contributed by atoms with Gasteiger partial charge in [-0.25, -0.2) is 0 Å². The molecule has 15 heavy (non-hydrogen) atoms. The van der Waals surface area contributed by atoms with Crippen LogP contribution in [0.2, 0.25) is 0 Å². The Morgan fingerprint density at radius 1 is 0.867 bits per heavy atom. The third kappa shape index (κ3) is 4.57. The zero-order chi connectivity index (χ0) is 11.3. The van der Waals surface area contributed by atoms with Crippen LogP contribution in [0, 0.1) is 23.7 Å². The highest BCUT2D eigenvalue weighted by atomic mass is 14.3. The molecule has 0 unspecified atom stereocenters. The zero-order valence-electron chi connectivity index (χ0n) is 11.3. The second kappa shape index (κ2) is 6.55. The summed E-state index contributed by atoms with van der Waals surface area (Å²) in [5, 5.41) is 0. The molecule has 90 valence electrons. The van der Waals surface area contributed by atoms with Gasteiger partial charge in [-0.3, -0.25) is 0 Å². The molecule has 0 spiro atoms. The average molecular weight is 210 g/mol. The molecule has 0 aliphatic heterocycles. The molecule has 0 nitrogen and oxygen atoms in total. The van der Waals surface area contributed by atoms with Crippen molar-refractivity contribution in [3.63, 3.8) is 0 Å². The summed E-state index contributed by atoms with van der Waals surface area (Å²) in [6, 6.07) is 0. The van der Waals surface area contributed by atoms with Gasteiger partial charge in [0.1, 0.15) is 0 Å². The van der Waals surface area contributed by atoms with E-state index < -0.39 is 0 Å². The largest absolute Gasteiger partial charge is 0.0625 e. The van der Waals surface area contributed by atoms with Crippen LogP contribution in [0.3, 0.4) is 0 Å². The predicted molar refractivity (Wildman–Crippen MR) is 69.0 cm³/mol. The number of rotatable bonds is 5. The summed E-state index contributed by atoms with van der Waals surface area (Å²) >= 11 is 0. The summed E-state index contributed by atoms with van der Waals surface area (Å²) in [4.78, 5) is 0. The van der Waals surface area contributed by atoms with Gasteiger partial charge in [0.15, 0.2) is 0 Å². The van der Waals surface area contributed by atoms with Crippen molar-refractivity contribution in [2.45, 2.75) is 72.6 Å². The van der Waals surface area contributed by atoms with E-state index in [2.05, 4.69) is 27.7 Å². The van der Waals surface area contributed by atoms with Gasteiger partial charge in [0.25, 0.3) is 0 Å². The summed E-state index contributed by atoms with van der Waals surface area (Å²) in [6.07, 6.45) is 10.5. The summed E-state index contributed by atoms with van der Waals surface area (Å²) < 4.78 is 0. The number of hydrogen-bond donors (Lipinski definition) is 0. The number of hydrogen-bond acceptors (Lipinski definition) is 0. The fourth-order valence-corrected chi connectivity index (χ4v) is 3.34. The second-order valence-electron chi connectivity index (χ2n) is 6.23. The highest BCUT2D eigenvalue weighted by Crippen LogP contribution is 2.32. The molecule has 0 radical (unpaired) electrons.